The van der Waals surface area contributed by atoms with Gasteiger partial charge in [0.2, 0.25) is 0 Å². The second kappa shape index (κ2) is 6.40. The Morgan fingerprint density at radius 3 is 2.96 bits per heavy atom. The van der Waals surface area contributed by atoms with Crippen LogP contribution in [0, 0.1) is 0 Å². The van der Waals surface area contributed by atoms with Crippen molar-refractivity contribution in [3.05, 3.63) is 59.5 Å². The number of nitrogens with zero attached hydrogens (tertiary/aromatic N) is 3. The molecule has 7 nitrogen and oxygen atoms in total. The number of nitrogens with one attached hydrogen (secondary N) is 1. The van der Waals surface area contributed by atoms with Gasteiger partial charge in [0.25, 0.3) is 5.91 Å². The summed E-state index contributed by atoms with van der Waals surface area (Å²) < 4.78 is 12.3. The third kappa shape index (κ3) is 3.11. The number of aromatic nitrogens is 3. The molecule has 1 aromatic carbocycles. The Morgan fingerprint density at radius 2 is 2.20 bits per heavy atom. The molecule has 0 aliphatic heterocycles. The maximum Gasteiger partial charge on any atom is 0.271 e. The molecule has 0 atom stereocenters. The predicted molar refractivity (Wildman–Crippen MR) is 92.7 cm³/mol. The van der Waals surface area contributed by atoms with E-state index in [0.29, 0.717) is 17.1 Å². The summed E-state index contributed by atoms with van der Waals surface area (Å²) in [6.07, 6.45) is 3.56. The molecule has 126 valence electrons. The van der Waals surface area contributed by atoms with Crippen molar-refractivity contribution in [1.29, 1.82) is 0 Å². The molecule has 3 heterocycles. The lowest BCUT2D eigenvalue weighted by Gasteiger charge is -1.99. The first-order valence-corrected chi connectivity index (χ1v) is 8.41. The average Bonchev–Trinajstić information content (AvgIpc) is 3.35. The van der Waals surface area contributed by atoms with E-state index in [1.807, 2.05) is 40.2 Å². The van der Waals surface area contributed by atoms with Crippen molar-refractivity contribution >= 4 is 22.2 Å². The van der Waals surface area contributed by atoms with Crippen molar-refractivity contribution < 1.29 is 14.1 Å². The molecule has 3 aromatic heterocycles. The van der Waals surface area contributed by atoms with Crippen LogP contribution in [0.4, 0.5) is 0 Å². The number of amides is 1. The van der Waals surface area contributed by atoms with Crippen LogP contribution in [0.25, 0.3) is 16.3 Å². The molecule has 0 unspecified atom stereocenters. The normalized spacial score (nSPS) is 10.9. The fraction of sp³-hybridized carbons (Fsp3) is 0.118. The highest BCUT2D eigenvalue weighted by Crippen LogP contribution is 2.23. The van der Waals surface area contributed by atoms with Gasteiger partial charge in [0, 0.05) is 29.4 Å². The largest absolute Gasteiger partial charge is 0.497 e. The first kappa shape index (κ1) is 15.4. The van der Waals surface area contributed by atoms with Crippen molar-refractivity contribution in [2.24, 2.45) is 0 Å². The first-order chi connectivity index (χ1) is 12.2. The summed E-state index contributed by atoms with van der Waals surface area (Å²) in [5.41, 5.74) is 1.91. The maximum absolute atomic E-state index is 12.2. The summed E-state index contributed by atoms with van der Waals surface area (Å²) in [6.45, 7) is 0.268. The van der Waals surface area contributed by atoms with Crippen LogP contribution in [-0.2, 0) is 6.54 Å². The molecule has 0 fully saturated rings. The minimum absolute atomic E-state index is 0.245. The lowest BCUT2D eigenvalue weighted by molar-refractivity contribution is 0.0945. The van der Waals surface area contributed by atoms with E-state index in [0.717, 1.165) is 16.3 Å². The Bertz CT molecular complexity index is 988. The van der Waals surface area contributed by atoms with Gasteiger partial charge >= 0.3 is 0 Å². The number of carbonyl (C=O) groups excluding carboxylic acids is 1. The lowest BCUT2D eigenvalue weighted by atomic mass is 10.1. The summed E-state index contributed by atoms with van der Waals surface area (Å²) in [4.78, 5) is 17.2. The molecule has 1 amide bonds. The second-order valence-corrected chi connectivity index (χ2v) is 6.19. The Labute approximate surface area is 146 Å². The van der Waals surface area contributed by atoms with Gasteiger partial charge in [-0.3, -0.25) is 9.20 Å². The van der Waals surface area contributed by atoms with Crippen molar-refractivity contribution in [2.45, 2.75) is 6.54 Å². The van der Waals surface area contributed by atoms with E-state index in [-0.39, 0.29) is 12.5 Å². The van der Waals surface area contributed by atoms with Gasteiger partial charge in [-0.1, -0.05) is 5.16 Å². The molecule has 0 saturated heterocycles. The minimum Gasteiger partial charge on any atom is -0.497 e. The number of ether oxygens (including phenoxy) is 1. The van der Waals surface area contributed by atoms with Crippen molar-refractivity contribution in [1.82, 2.24) is 19.9 Å². The van der Waals surface area contributed by atoms with Crippen molar-refractivity contribution in [3.8, 4) is 17.1 Å². The first-order valence-electron chi connectivity index (χ1n) is 7.53. The van der Waals surface area contributed by atoms with Crippen LogP contribution in [0.2, 0.25) is 0 Å². The highest BCUT2D eigenvalue weighted by molar-refractivity contribution is 7.15. The average molecular weight is 354 g/mol. The zero-order valence-electron chi connectivity index (χ0n) is 13.3. The van der Waals surface area contributed by atoms with E-state index in [1.54, 1.807) is 19.4 Å². The molecule has 0 radical (unpaired) electrons. The van der Waals surface area contributed by atoms with Gasteiger partial charge in [-0.25, -0.2) is 4.98 Å². The van der Waals surface area contributed by atoms with Gasteiger partial charge in [-0.05, 0) is 24.3 Å². The number of hydrogen-bond donors (Lipinski definition) is 1. The number of benzene rings is 1. The smallest absolute Gasteiger partial charge is 0.271 e. The van der Waals surface area contributed by atoms with E-state index < -0.39 is 0 Å². The number of rotatable bonds is 5. The van der Waals surface area contributed by atoms with Crippen LogP contribution in [0.3, 0.4) is 0 Å². The third-order valence-electron chi connectivity index (χ3n) is 3.69. The number of fused-ring (bicyclic) bond motifs is 1. The molecule has 1 N–H and O–H groups in total. The molecule has 0 bridgehead atoms. The minimum atomic E-state index is -0.245. The SMILES string of the molecule is COc1ccc(-c2cc(CNC(=O)c3cn4ccsc4n3)no2)cc1. The van der Waals surface area contributed by atoms with Gasteiger partial charge in [0.05, 0.1) is 13.7 Å². The van der Waals surface area contributed by atoms with Crippen LogP contribution in [0.1, 0.15) is 16.2 Å². The summed E-state index contributed by atoms with van der Waals surface area (Å²) in [5.74, 6) is 1.16. The molecular formula is C17H14N4O3S. The molecular weight excluding hydrogens is 340 g/mol. The van der Waals surface area contributed by atoms with Crippen LogP contribution in [0.15, 0.2) is 52.6 Å². The second-order valence-electron chi connectivity index (χ2n) is 5.31. The number of imidazole rings is 1. The van der Waals surface area contributed by atoms with Gasteiger partial charge in [-0.2, -0.15) is 0 Å². The summed E-state index contributed by atoms with van der Waals surface area (Å²) in [6, 6.07) is 9.28. The number of carbonyl (C=O) groups is 1. The zero-order valence-corrected chi connectivity index (χ0v) is 14.1. The standard InChI is InChI=1S/C17H14N4O3S/c1-23-13-4-2-11(3-5-13)15-8-12(20-24-15)9-18-16(22)14-10-21-6-7-25-17(21)19-14/h2-8,10H,9H2,1H3,(H,18,22). The van der Waals surface area contributed by atoms with E-state index in [2.05, 4.69) is 15.5 Å². The highest BCUT2D eigenvalue weighted by atomic mass is 32.1. The van der Waals surface area contributed by atoms with Crippen LogP contribution in [-0.4, -0.2) is 27.6 Å². The number of thiazole rings is 1. The quantitative estimate of drug-likeness (QED) is 0.596. The van der Waals surface area contributed by atoms with Crippen LogP contribution >= 0.6 is 11.3 Å². The van der Waals surface area contributed by atoms with E-state index in [1.165, 1.54) is 11.3 Å². The van der Waals surface area contributed by atoms with Gasteiger partial charge in [-0.15, -0.1) is 11.3 Å². The number of hydrogen-bond acceptors (Lipinski definition) is 6. The van der Waals surface area contributed by atoms with E-state index in [9.17, 15) is 4.79 Å². The molecule has 4 rings (SSSR count). The molecule has 0 aliphatic rings. The molecule has 0 spiro atoms. The fourth-order valence-electron chi connectivity index (χ4n) is 2.38. The highest BCUT2D eigenvalue weighted by Gasteiger charge is 2.13. The Balaban J connectivity index is 1.42. The Kier molecular flexibility index (Phi) is 3.95. The van der Waals surface area contributed by atoms with Gasteiger partial charge in [0.1, 0.15) is 17.1 Å². The van der Waals surface area contributed by atoms with E-state index >= 15 is 0 Å². The van der Waals surface area contributed by atoms with Crippen LogP contribution < -0.4 is 10.1 Å². The molecule has 8 heteroatoms. The van der Waals surface area contributed by atoms with Crippen molar-refractivity contribution in [2.75, 3.05) is 7.11 Å². The molecule has 0 aliphatic carbocycles. The summed E-state index contributed by atoms with van der Waals surface area (Å²) >= 11 is 1.48. The van der Waals surface area contributed by atoms with Crippen LogP contribution in [0.5, 0.6) is 5.75 Å². The summed E-state index contributed by atoms with van der Waals surface area (Å²) in [5, 5.41) is 8.70. The predicted octanol–water partition coefficient (Wildman–Crippen LogP) is 2.99. The monoisotopic (exact) mass is 354 g/mol. The lowest BCUT2D eigenvalue weighted by Crippen LogP contribution is -2.23. The maximum atomic E-state index is 12.2. The molecule has 0 saturated carbocycles. The van der Waals surface area contributed by atoms with E-state index in [4.69, 9.17) is 9.26 Å². The zero-order chi connectivity index (χ0) is 17.2. The summed E-state index contributed by atoms with van der Waals surface area (Å²) in [7, 11) is 1.62. The van der Waals surface area contributed by atoms with Crippen molar-refractivity contribution in [3.63, 3.8) is 0 Å². The topological polar surface area (TPSA) is 81.7 Å². The van der Waals surface area contributed by atoms with Gasteiger partial charge in [0.15, 0.2) is 10.7 Å². The fourth-order valence-corrected chi connectivity index (χ4v) is 3.08. The third-order valence-corrected chi connectivity index (χ3v) is 4.46. The Morgan fingerprint density at radius 1 is 1.36 bits per heavy atom. The Hall–Kier alpha value is -3.13. The molecule has 4 aromatic rings. The number of methoxy groups -OCH3 is 1. The van der Waals surface area contributed by atoms with Gasteiger partial charge < -0.3 is 14.6 Å². The molecule has 25 heavy (non-hydrogen) atoms.